The number of fused-ring (bicyclic) bond motifs is 1. The quantitative estimate of drug-likeness (QED) is 0.778. The minimum Gasteiger partial charge on any atom is -0.497 e. The summed E-state index contributed by atoms with van der Waals surface area (Å²) < 4.78 is 22.5. The average molecular weight is 390 g/mol. The Balaban J connectivity index is 1.24. The van der Waals surface area contributed by atoms with Crippen molar-refractivity contribution in [1.82, 2.24) is 5.32 Å². The molecule has 0 unspecified atom stereocenters. The first-order chi connectivity index (χ1) is 13.7. The predicted octanol–water partition coefficient (Wildman–Crippen LogP) is 2.95. The summed E-state index contributed by atoms with van der Waals surface area (Å²) in [7, 11) is 1.60. The zero-order chi connectivity index (χ0) is 19.3. The molecule has 28 heavy (non-hydrogen) atoms. The SMILES string of the molecule is COc1ccc(NC(=O)O[C@@H]2CO[C@H]3[C@@H]2OC[C@@H]3NCC2CCCCC2)cc1. The highest BCUT2D eigenvalue weighted by Gasteiger charge is 2.49. The lowest BCUT2D eigenvalue weighted by atomic mass is 9.89. The molecule has 3 fully saturated rings. The summed E-state index contributed by atoms with van der Waals surface area (Å²) in [5.74, 6) is 1.49. The first-order valence-corrected chi connectivity index (χ1v) is 10.3. The molecule has 0 spiro atoms. The van der Waals surface area contributed by atoms with Gasteiger partial charge in [0, 0.05) is 5.69 Å². The van der Waals surface area contributed by atoms with Crippen molar-refractivity contribution < 1.29 is 23.7 Å². The fourth-order valence-electron chi connectivity index (χ4n) is 4.41. The molecule has 1 saturated carbocycles. The van der Waals surface area contributed by atoms with E-state index in [1.807, 2.05) is 0 Å². The first kappa shape index (κ1) is 19.5. The number of ether oxygens (including phenoxy) is 4. The highest BCUT2D eigenvalue weighted by atomic mass is 16.6. The van der Waals surface area contributed by atoms with Gasteiger partial charge in [-0.2, -0.15) is 0 Å². The number of hydrogen-bond donors (Lipinski definition) is 2. The molecule has 2 heterocycles. The fraction of sp³-hybridized carbons (Fsp3) is 0.667. The van der Waals surface area contributed by atoms with Gasteiger partial charge in [-0.15, -0.1) is 0 Å². The molecule has 3 aliphatic rings. The third-order valence-corrected chi connectivity index (χ3v) is 6.00. The highest BCUT2D eigenvalue weighted by molar-refractivity contribution is 5.84. The molecule has 4 rings (SSSR count). The van der Waals surface area contributed by atoms with E-state index in [1.165, 1.54) is 32.1 Å². The molecule has 2 aliphatic heterocycles. The van der Waals surface area contributed by atoms with E-state index in [-0.39, 0.29) is 24.4 Å². The molecule has 0 radical (unpaired) electrons. The summed E-state index contributed by atoms with van der Waals surface area (Å²) >= 11 is 0. The maximum atomic E-state index is 12.2. The Labute approximate surface area is 166 Å². The Morgan fingerprint density at radius 2 is 1.82 bits per heavy atom. The second-order valence-electron chi connectivity index (χ2n) is 7.91. The van der Waals surface area contributed by atoms with Crippen LogP contribution in [-0.4, -0.2) is 57.3 Å². The van der Waals surface area contributed by atoms with Crippen molar-refractivity contribution in [3.8, 4) is 5.75 Å². The second-order valence-corrected chi connectivity index (χ2v) is 7.91. The van der Waals surface area contributed by atoms with E-state index in [2.05, 4.69) is 10.6 Å². The molecule has 1 aliphatic carbocycles. The topological polar surface area (TPSA) is 78.1 Å². The number of anilines is 1. The summed E-state index contributed by atoms with van der Waals surface area (Å²) in [5, 5.41) is 6.37. The van der Waals surface area contributed by atoms with Crippen molar-refractivity contribution in [3.63, 3.8) is 0 Å². The van der Waals surface area contributed by atoms with Crippen LogP contribution in [0, 0.1) is 5.92 Å². The van der Waals surface area contributed by atoms with Gasteiger partial charge in [0.2, 0.25) is 0 Å². The van der Waals surface area contributed by atoms with Crippen molar-refractivity contribution in [2.24, 2.45) is 5.92 Å². The van der Waals surface area contributed by atoms with Crippen molar-refractivity contribution >= 4 is 11.8 Å². The highest BCUT2D eigenvalue weighted by Crippen LogP contribution is 2.30. The Morgan fingerprint density at radius 1 is 1.07 bits per heavy atom. The van der Waals surface area contributed by atoms with Crippen LogP contribution in [0.4, 0.5) is 10.5 Å². The molecule has 1 aromatic carbocycles. The number of methoxy groups -OCH3 is 1. The van der Waals surface area contributed by atoms with Crippen LogP contribution in [0.15, 0.2) is 24.3 Å². The van der Waals surface area contributed by atoms with E-state index in [0.29, 0.717) is 18.9 Å². The second kappa shape index (κ2) is 9.11. The summed E-state index contributed by atoms with van der Waals surface area (Å²) in [6, 6.07) is 7.28. The third kappa shape index (κ3) is 4.59. The van der Waals surface area contributed by atoms with E-state index < -0.39 is 6.09 Å². The van der Waals surface area contributed by atoms with E-state index >= 15 is 0 Å². The van der Waals surface area contributed by atoms with Crippen LogP contribution in [0.25, 0.3) is 0 Å². The number of benzene rings is 1. The first-order valence-electron chi connectivity index (χ1n) is 10.3. The number of carbonyl (C=O) groups excluding carboxylic acids is 1. The Bertz CT molecular complexity index is 647. The minimum atomic E-state index is -0.498. The summed E-state index contributed by atoms with van der Waals surface area (Å²) in [6.45, 7) is 1.99. The van der Waals surface area contributed by atoms with Gasteiger partial charge in [-0.3, -0.25) is 5.32 Å². The van der Waals surface area contributed by atoms with E-state index in [4.69, 9.17) is 18.9 Å². The van der Waals surface area contributed by atoms with Gasteiger partial charge in [-0.25, -0.2) is 4.79 Å². The number of hydrogen-bond acceptors (Lipinski definition) is 6. The molecular weight excluding hydrogens is 360 g/mol. The van der Waals surface area contributed by atoms with Gasteiger partial charge in [0.15, 0.2) is 6.10 Å². The largest absolute Gasteiger partial charge is 0.497 e. The number of nitrogens with one attached hydrogen (secondary N) is 2. The molecule has 2 saturated heterocycles. The molecular formula is C21H30N2O5. The molecule has 0 aromatic heterocycles. The van der Waals surface area contributed by atoms with Crippen LogP contribution in [-0.2, 0) is 14.2 Å². The van der Waals surface area contributed by atoms with Crippen LogP contribution < -0.4 is 15.4 Å². The molecule has 7 nitrogen and oxygen atoms in total. The molecule has 4 atom stereocenters. The molecule has 1 amide bonds. The molecule has 7 heteroatoms. The summed E-state index contributed by atoms with van der Waals surface area (Å²) in [5.41, 5.74) is 0.653. The number of carbonyl (C=O) groups is 1. The zero-order valence-corrected chi connectivity index (χ0v) is 16.4. The van der Waals surface area contributed by atoms with E-state index in [1.54, 1.807) is 31.4 Å². The van der Waals surface area contributed by atoms with Gasteiger partial charge in [-0.1, -0.05) is 19.3 Å². The number of amides is 1. The Hall–Kier alpha value is -1.83. The normalized spacial score (nSPS) is 30.0. The Kier molecular flexibility index (Phi) is 6.34. The van der Waals surface area contributed by atoms with E-state index in [9.17, 15) is 4.79 Å². The molecule has 0 bridgehead atoms. The maximum absolute atomic E-state index is 12.2. The molecule has 1 aromatic rings. The smallest absolute Gasteiger partial charge is 0.412 e. The van der Waals surface area contributed by atoms with Gasteiger partial charge < -0.3 is 24.3 Å². The van der Waals surface area contributed by atoms with Crippen molar-refractivity contribution in [2.75, 3.05) is 32.2 Å². The van der Waals surface area contributed by atoms with Crippen molar-refractivity contribution in [3.05, 3.63) is 24.3 Å². The van der Waals surface area contributed by atoms with Gasteiger partial charge in [-0.05, 0) is 49.6 Å². The fourth-order valence-corrected chi connectivity index (χ4v) is 4.41. The summed E-state index contributed by atoms with van der Waals surface area (Å²) in [4.78, 5) is 12.2. The third-order valence-electron chi connectivity index (χ3n) is 6.00. The van der Waals surface area contributed by atoms with Gasteiger partial charge >= 0.3 is 6.09 Å². The lowest BCUT2D eigenvalue weighted by Gasteiger charge is -2.25. The van der Waals surface area contributed by atoms with Gasteiger partial charge in [0.05, 0.1) is 26.4 Å². The lowest BCUT2D eigenvalue weighted by Crippen LogP contribution is -2.43. The van der Waals surface area contributed by atoms with Gasteiger partial charge in [0.25, 0.3) is 0 Å². The maximum Gasteiger partial charge on any atom is 0.412 e. The minimum absolute atomic E-state index is 0.0534. The molecule has 154 valence electrons. The monoisotopic (exact) mass is 390 g/mol. The lowest BCUT2D eigenvalue weighted by molar-refractivity contribution is 0.00850. The standard InChI is InChI=1S/C21H30N2O5/c1-25-16-9-7-15(8-10-16)23-21(24)28-18-13-27-19-17(12-26-20(18)19)22-11-14-5-3-2-4-6-14/h7-10,14,17-20,22H,2-6,11-13H2,1H3,(H,23,24)/t17-,18+,19+,20+/m0/s1. The Morgan fingerprint density at radius 3 is 2.57 bits per heavy atom. The zero-order valence-electron chi connectivity index (χ0n) is 16.4. The number of rotatable bonds is 6. The average Bonchev–Trinajstić information content (AvgIpc) is 3.31. The van der Waals surface area contributed by atoms with Crippen LogP contribution in [0.3, 0.4) is 0 Å². The van der Waals surface area contributed by atoms with Crippen LogP contribution in [0.5, 0.6) is 5.75 Å². The summed E-state index contributed by atoms with van der Waals surface area (Å²) in [6.07, 6.45) is 5.54. The van der Waals surface area contributed by atoms with Crippen LogP contribution in [0.1, 0.15) is 32.1 Å². The van der Waals surface area contributed by atoms with Crippen molar-refractivity contribution in [1.29, 1.82) is 0 Å². The molecule has 2 N–H and O–H groups in total. The van der Waals surface area contributed by atoms with Crippen molar-refractivity contribution in [2.45, 2.75) is 56.5 Å². The predicted molar refractivity (Wildman–Crippen MR) is 105 cm³/mol. The van der Waals surface area contributed by atoms with E-state index in [0.717, 1.165) is 18.2 Å². The van der Waals surface area contributed by atoms with Crippen LogP contribution >= 0.6 is 0 Å². The van der Waals surface area contributed by atoms with Crippen LogP contribution in [0.2, 0.25) is 0 Å². The van der Waals surface area contributed by atoms with Gasteiger partial charge in [0.1, 0.15) is 18.0 Å².